The van der Waals surface area contributed by atoms with Crippen molar-refractivity contribution in [1.29, 1.82) is 0 Å². The van der Waals surface area contributed by atoms with Gasteiger partial charge in [-0.3, -0.25) is 13.9 Å². The summed E-state index contributed by atoms with van der Waals surface area (Å²) in [7, 11) is -4.21. The third-order valence-electron chi connectivity index (χ3n) is 7.06. The smallest absolute Gasteiger partial charge is 0.264 e. The second kappa shape index (κ2) is 15.7. The molecule has 4 aromatic rings. The minimum Gasteiger partial charge on any atom is -0.492 e. The highest BCUT2D eigenvalue weighted by molar-refractivity contribution is 7.92. The molecule has 0 saturated carbocycles. The van der Waals surface area contributed by atoms with Crippen molar-refractivity contribution in [3.63, 3.8) is 0 Å². The Bertz CT molecular complexity index is 1600. The van der Waals surface area contributed by atoms with Gasteiger partial charge in [-0.1, -0.05) is 97.9 Å². The lowest BCUT2D eigenvalue weighted by atomic mass is 10.0. The third kappa shape index (κ3) is 8.26. The number of anilines is 1. The van der Waals surface area contributed by atoms with Gasteiger partial charge in [0, 0.05) is 19.5 Å². The maximum Gasteiger partial charge on any atom is 0.264 e. The van der Waals surface area contributed by atoms with Gasteiger partial charge in [-0.2, -0.15) is 0 Å². The predicted octanol–water partition coefficient (Wildman–Crippen LogP) is 5.45. The minimum atomic E-state index is -4.21. The lowest BCUT2D eigenvalue weighted by molar-refractivity contribution is -0.140. The van der Waals surface area contributed by atoms with Crippen LogP contribution in [0, 0.1) is 0 Å². The molecule has 4 rings (SSSR count). The van der Waals surface area contributed by atoms with Crippen molar-refractivity contribution in [2.45, 2.75) is 44.2 Å². The van der Waals surface area contributed by atoms with Crippen molar-refractivity contribution < 1.29 is 22.7 Å². The normalized spacial score (nSPS) is 11.8. The number of rotatable bonds is 15. The van der Waals surface area contributed by atoms with Gasteiger partial charge in [-0.15, -0.1) is 0 Å². The molecule has 9 heteroatoms. The van der Waals surface area contributed by atoms with Gasteiger partial charge in [0.25, 0.3) is 10.0 Å². The molecule has 2 amide bonds. The van der Waals surface area contributed by atoms with Gasteiger partial charge >= 0.3 is 0 Å². The first kappa shape index (κ1) is 32.3. The number of nitrogens with one attached hydrogen (secondary N) is 1. The van der Waals surface area contributed by atoms with E-state index in [4.69, 9.17) is 4.74 Å². The first-order valence-electron chi connectivity index (χ1n) is 14.8. The Morgan fingerprint density at radius 3 is 1.95 bits per heavy atom. The molecule has 0 saturated heterocycles. The van der Waals surface area contributed by atoms with Crippen LogP contribution in [-0.4, -0.2) is 50.9 Å². The van der Waals surface area contributed by atoms with E-state index in [1.165, 1.54) is 17.0 Å². The molecule has 0 unspecified atom stereocenters. The first-order valence-corrected chi connectivity index (χ1v) is 16.2. The quantitative estimate of drug-likeness (QED) is 0.193. The van der Waals surface area contributed by atoms with E-state index in [9.17, 15) is 18.0 Å². The van der Waals surface area contributed by atoms with E-state index in [0.717, 1.165) is 21.9 Å². The van der Waals surface area contributed by atoms with Crippen molar-refractivity contribution in [3.05, 3.63) is 126 Å². The Labute approximate surface area is 260 Å². The van der Waals surface area contributed by atoms with Crippen LogP contribution in [0.25, 0.3) is 0 Å². The molecule has 1 N–H and O–H groups in total. The molecule has 230 valence electrons. The van der Waals surface area contributed by atoms with Crippen LogP contribution in [-0.2, 0) is 32.6 Å². The van der Waals surface area contributed by atoms with Crippen LogP contribution in [0.5, 0.6) is 5.75 Å². The molecule has 1 atom stereocenters. The molecule has 0 heterocycles. The van der Waals surface area contributed by atoms with Gasteiger partial charge in [0.1, 0.15) is 18.3 Å². The van der Waals surface area contributed by atoms with Crippen LogP contribution in [0.1, 0.15) is 31.4 Å². The first-order chi connectivity index (χ1) is 21.3. The molecule has 0 bridgehead atoms. The zero-order valence-electron chi connectivity index (χ0n) is 25.1. The molecule has 0 aliphatic rings. The molecule has 0 radical (unpaired) electrons. The summed E-state index contributed by atoms with van der Waals surface area (Å²) in [6.07, 6.45) is 0.990. The minimum absolute atomic E-state index is 0.0373. The van der Waals surface area contributed by atoms with Crippen molar-refractivity contribution in [2.75, 3.05) is 24.0 Å². The summed E-state index contributed by atoms with van der Waals surface area (Å²) in [6.45, 7) is 4.10. The highest BCUT2D eigenvalue weighted by Gasteiger charge is 2.35. The second-order valence-electron chi connectivity index (χ2n) is 10.2. The topological polar surface area (TPSA) is 96.0 Å². The molecular weight excluding hydrogens is 574 g/mol. The summed E-state index contributed by atoms with van der Waals surface area (Å²) in [6, 6.07) is 32.7. The fraction of sp³-hybridized carbons (Fsp3) is 0.257. The average molecular weight is 614 g/mol. The predicted molar refractivity (Wildman–Crippen MR) is 173 cm³/mol. The van der Waals surface area contributed by atoms with E-state index in [-0.39, 0.29) is 29.5 Å². The van der Waals surface area contributed by atoms with Gasteiger partial charge in [0.2, 0.25) is 11.8 Å². The third-order valence-corrected chi connectivity index (χ3v) is 8.83. The number of hydrogen-bond acceptors (Lipinski definition) is 5. The van der Waals surface area contributed by atoms with E-state index in [0.29, 0.717) is 18.9 Å². The Morgan fingerprint density at radius 1 is 0.773 bits per heavy atom. The Hall–Kier alpha value is -4.63. The Kier molecular flexibility index (Phi) is 11.5. The molecule has 0 aromatic heterocycles. The molecule has 8 nitrogen and oxygen atoms in total. The molecule has 4 aromatic carbocycles. The van der Waals surface area contributed by atoms with E-state index < -0.39 is 28.5 Å². The number of carbonyl (C=O) groups is 2. The van der Waals surface area contributed by atoms with Crippen molar-refractivity contribution in [3.8, 4) is 5.75 Å². The van der Waals surface area contributed by atoms with Gasteiger partial charge in [0.15, 0.2) is 0 Å². The SMILES string of the molecule is CCCNC(=O)[C@H](Cc1ccccc1)N(Cc1ccccc1)C(=O)CN(c1ccccc1OCC)S(=O)(=O)c1ccccc1. The Balaban J connectivity index is 1.81. The molecule has 0 spiro atoms. The lowest BCUT2D eigenvalue weighted by Gasteiger charge is -2.34. The van der Waals surface area contributed by atoms with Crippen molar-refractivity contribution >= 4 is 27.5 Å². The van der Waals surface area contributed by atoms with E-state index in [1.807, 2.05) is 74.5 Å². The van der Waals surface area contributed by atoms with Crippen LogP contribution < -0.4 is 14.4 Å². The summed E-state index contributed by atoms with van der Waals surface area (Å²) >= 11 is 0. The molecule has 0 aliphatic carbocycles. The standard InChI is InChI=1S/C35H39N3O5S/c1-3-24-36-35(40)32(25-28-16-8-5-9-17-28)37(26-29-18-10-6-11-19-29)34(39)27-38(31-22-14-15-23-33(31)43-4-2)44(41,42)30-20-12-7-13-21-30/h5-23,32H,3-4,24-27H2,1-2H3,(H,36,40)/t32-/m0/s1. The van der Waals surface area contributed by atoms with Gasteiger partial charge in [-0.05, 0) is 48.7 Å². The highest BCUT2D eigenvalue weighted by atomic mass is 32.2. The van der Waals surface area contributed by atoms with Crippen LogP contribution in [0.15, 0.2) is 120 Å². The van der Waals surface area contributed by atoms with Crippen LogP contribution in [0.2, 0.25) is 0 Å². The number of para-hydroxylation sites is 2. The van der Waals surface area contributed by atoms with Gasteiger partial charge in [-0.25, -0.2) is 8.42 Å². The number of sulfonamides is 1. The van der Waals surface area contributed by atoms with Crippen molar-refractivity contribution in [1.82, 2.24) is 10.2 Å². The van der Waals surface area contributed by atoms with E-state index in [1.54, 1.807) is 42.5 Å². The Morgan fingerprint density at radius 2 is 1.34 bits per heavy atom. The molecule has 0 fully saturated rings. The second-order valence-corrected chi connectivity index (χ2v) is 12.1. The van der Waals surface area contributed by atoms with E-state index >= 15 is 0 Å². The number of benzene rings is 4. The fourth-order valence-electron chi connectivity index (χ4n) is 4.87. The van der Waals surface area contributed by atoms with Crippen molar-refractivity contribution in [2.24, 2.45) is 0 Å². The zero-order valence-corrected chi connectivity index (χ0v) is 26.0. The van der Waals surface area contributed by atoms with Gasteiger partial charge < -0.3 is 15.0 Å². The average Bonchev–Trinajstić information content (AvgIpc) is 3.06. The van der Waals surface area contributed by atoms with Crippen LogP contribution in [0.3, 0.4) is 0 Å². The maximum atomic E-state index is 14.5. The maximum absolute atomic E-state index is 14.5. The molecule has 0 aliphatic heterocycles. The van der Waals surface area contributed by atoms with Crippen LogP contribution >= 0.6 is 0 Å². The monoisotopic (exact) mass is 613 g/mol. The summed E-state index contributed by atoms with van der Waals surface area (Å²) in [5.74, 6) is -0.488. The highest BCUT2D eigenvalue weighted by Crippen LogP contribution is 2.33. The van der Waals surface area contributed by atoms with E-state index in [2.05, 4.69) is 5.32 Å². The number of ether oxygens (including phenoxy) is 1. The summed E-state index contributed by atoms with van der Waals surface area (Å²) in [5.41, 5.74) is 1.93. The summed E-state index contributed by atoms with van der Waals surface area (Å²) in [5, 5.41) is 2.96. The number of hydrogen-bond donors (Lipinski definition) is 1. The largest absolute Gasteiger partial charge is 0.492 e. The number of nitrogens with zero attached hydrogens (tertiary/aromatic N) is 2. The van der Waals surface area contributed by atoms with Crippen LogP contribution in [0.4, 0.5) is 5.69 Å². The molecular formula is C35H39N3O5S. The number of amides is 2. The number of carbonyl (C=O) groups excluding carboxylic acids is 2. The molecule has 44 heavy (non-hydrogen) atoms. The summed E-state index contributed by atoms with van der Waals surface area (Å²) in [4.78, 5) is 29.7. The lowest BCUT2D eigenvalue weighted by Crippen LogP contribution is -2.53. The summed E-state index contributed by atoms with van der Waals surface area (Å²) < 4.78 is 35.2. The fourth-order valence-corrected chi connectivity index (χ4v) is 6.32. The van der Waals surface area contributed by atoms with Gasteiger partial charge in [0.05, 0.1) is 17.2 Å². The zero-order chi connectivity index (χ0) is 31.4.